The number of ether oxygens (including phenoxy) is 1. The van der Waals surface area contributed by atoms with Gasteiger partial charge in [0.2, 0.25) is 0 Å². The van der Waals surface area contributed by atoms with E-state index in [1.54, 1.807) is 71.9 Å². The lowest BCUT2D eigenvalue weighted by atomic mass is 10.1. The van der Waals surface area contributed by atoms with E-state index in [0.717, 1.165) is 11.3 Å². The summed E-state index contributed by atoms with van der Waals surface area (Å²) in [4.78, 5) is 16.4. The molecule has 0 bridgehead atoms. The lowest BCUT2D eigenvalue weighted by molar-refractivity contribution is 0.0727. The molecule has 0 saturated heterocycles. The molecular weight excluding hydrogens is 395 g/mol. The summed E-state index contributed by atoms with van der Waals surface area (Å²) >= 11 is 0. The van der Waals surface area contributed by atoms with E-state index in [1.165, 1.54) is 12.1 Å². The van der Waals surface area contributed by atoms with Gasteiger partial charge in [-0.2, -0.15) is 5.26 Å². The number of benzene rings is 3. The maximum Gasteiger partial charge on any atom is 0.343 e. The van der Waals surface area contributed by atoms with Gasteiger partial charge in [0.05, 0.1) is 29.4 Å². The van der Waals surface area contributed by atoms with E-state index >= 15 is 0 Å². The van der Waals surface area contributed by atoms with E-state index < -0.39 is 11.8 Å². The molecule has 3 aromatic carbocycles. The first kappa shape index (κ1) is 19.9. The van der Waals surface area contributed by atoms with Crippen LogP contribution in [0.4, 0.5) is 10.1 Å². The molecule has 6 nitrogen and oxygen atoms in total. The fourth-order valence-corrected chi connectivity index (χ4v) is 3.04. The van der Waals surface area contributed by atoms with E-state index in [1.807, 2.05) is 17.1 Å². The molecule has 0 atom stereocenters. The number of aromatic nitrogens is 2. The average molecular weight is 412 g/mol. The first-order valence-electron chi connectivity index (χ1n) is 9.45. The zero-order valence-electron chi connectivity index (χ0n) is 16.4. The van der Waals surface area contributed by atoms with Crippen LogP contribution in [-0.2, 0) is 6.54 Å². The number of imidazole rings is 1. The van der Waals surface area contributed by atoms with Crippen molar-refractivity contribution in [3.8, 4) is 11.8 Å². The predicted octanol–water partition coefficient (Wildman–Crippen LogP) is 4.58. The summed E-state index contributed by atoms with van der Waals surface area (Å²) in [7, 11) is 0. The number of nitriles is 1. The Bertz CT molecular complexity index is 1220. The van der Waals surface area contributed by atoms with Crippen LogP contribution in [0, 0.1) is 17.1 Å². The Labute approximate surface area is 178 Å². The normalized spacial score (nSPS) is 10.3. The maximum absolute atomic E-state index is 14.3. The predicted molar refractivity (Wildman–Crippen MR) is 113 cm³/mol. The number of carbonyl (C=O) groups is 1. The molecule has 0 radical (unpaired) electrons. The summed E-state index contributed by atoms with van der Waals surface area (Å²) in [5, 5.41) is 10.9. The molecule has 7 heteroatoms. The summed E-state index contributed by atoms with van der Waals surface area (Å²) in [5.74, 6) is -1.40. The Morgan fingerprint density at radius 3 is 2.55 bits per heavy atom. The van der Waals surface area contributed by atoms with Crippen molar-refractivity contribution in [3.05, 3.63) is 114 Å². The van der Waals surface area contributed by atoms with Crippen molar-refractivity contribution >= 4 is 11.7 Å². The minimum Gasteiger partial charge on any atom is -0.420 e. The van der Waals surface area contributed by atoms with Crippen LogP contribution >= 0.6 is 0 Å². The molecular formula is C24H17FN4O2. The van der Waals surface area contributed by atoms with Crippen molar-refractivity contribution in [2.45, 2.75) is 6.54 Å². The summed E-state index contributed by atoms with van der Waals surface area (Å²) in [6.07, 6.45) is 5.06. The van der Waals surface area contributed by atoms with Crippen molar-refractivity contribution < 1.29 is 13.9 Å². The van der Waals surface area contributed by atoms with Crippen LogP contribution in [0.2, 0.25) is 0 Å². The van der Waals surface area contributed by atoms with Gasteiger partial charge in [0.25, 0.3) is 0 Å². The van der Waals surface area contributed by atoms with Crippen LogP contribution in [0.15, 0.2) is 91.5 Å². The molecule has 0 aliphatic heterocycles. The Morgan fingerprint density at radius 2 is 1.87 bits per heavy atom. The molecule has 0 unspecified atom stereocenters. The summed E-state index contributed by atoms with van der Waals surface area (Å²) in [6, 6.07) is 22.0. The zero-order valence-corrected chi connectivity index (χ0v) is 16.4. The molecule has 0 spiro atoms. The fraction of sp³-hybridized carbons (Fsp3) is 0.0417. The van der Waals surface area contributed by atoms with Crippen LogP contribution in [0.3, 0.4) is 0 Å². The maximum atomic E-state index is 14.3. The van der Waals surface area contributed by atoms with E-state index in [4.69, 9.17) is 10.00 Å². The van der Waals surface area contributed by atoms with Gasteiger partial charge in [-0.15, -0.1) is 0 Å². The topological polar surface area (TPSA) is 71.2 Å². The Kier molecular flexibility index (Phi) is 5.72. The second-order valence-corrected chi connectivity index (χ2v) is 6.68. The van der Waals surface area contributed by atoms with Crippen molar-refractivity contribution in [3.63, 3.8) is 0 Å². The molecule has 0 saturated carbocycles. The zero-order chi connectivity index (χ0) is 21.6. The minimum absolute atomic E-state index is 0.142. The molecule has 0 fully saturated rings. The number of hydrogen-bond acceptors (Lipinski definition) is 5. The van der Waals surface area contributed by atoms with Gasteiger partial charge in [0.1, 0.15) is 6.33 Å². The quantitative estimate of drug-likeness (QED) is 0.342. The van der Waals surface area contributed by atoms with Crippen molar-refractivity contribution in [2.75, 3.05) is 5.01 Å². The summed E-state index contributed by atoms with van der Waals surface area (Å²) in [5.41, 5.74) is 2.41. The summed E-state index contributed by atoms with van der Waals surface area (Å²) < 4.78 is 21.4. The number of carbonyl (C=O) groups excluding carboxylic acids is 1. The van der Waals surface area contributed by atoms with Gasteiger partial charge in [-0.3, -0.25) is 5.01 Å². The van der Waals surface area contributed by atoms with E-state index in [2.05, 4.69) is 11.1 Å². The molecule has 31 heavy (non-hydrogen) atoms. The highest BCUT2D eigenvalue weighted by molar-refractivity contribution is 5.91. The van der Waals surface area contributed by atoms with Gasteiger partial charge in [0, 0.05) is 12.4 Å². The van der Waals surface area contributed by atoms with Crippen molar-refractivity contribution in [1.29, 1.82) is 5.26 Å². The van der Waals surface area contributed by atoms with Crippen LogP contribution in [-0.4, -0.2) is 15.6 Å². The van der Waals surface area contributed by atoms with Gasteiger partial charge in [0.15, 0.2) is 11.6 Å². The van der Waals surface area contributed by atoms with Crippen molar-refractivity contribution in [2.24, 2.45) is 0 Å². The van der Waals surface area contributed by atoms with Gasteiger partial charge in [-0.05, 0) is 54.1 Å². The molecule has 4 rings (SSSR count). The number of nitrogens with zero attached hydrogens (tertiary/aromatic N) is 4. The molecule has 0 aliphatic carbocycles. The summed E-state index contributed by atoms with van der Waals surface area (Å²) in [6.45, 7) is 0.346. The molecule has 4 aromatic rings. The minimum atomic E-state index is -0.629. The third-order valence-electron chi connectivity index (χ3n) is 4.60. The molecule has 1 heterocycles. The van der Waals surface area contributed by atoms with Crippen LogP contribution in [0.25, 0.3) is 0 Å². The van der Waals surface area contributed by atoms with Gasteiger partial charge in [-0.1, -0.05) is 24.3 Å². The lowest BCUT2D eigenvalue weighted by Gasteiger charge is -2.26. The SMILES string of the molecule is N#Cc1ccc(N(Cc2ccc(F)c(OC(=O)c3ccccc3)c2)n2ccnc2)cc1. The number of anilines is 1. The van der Waals surface area contributed by atoms with E-state index in [-0.39, 0.29) is 5.75 Å². The largest absolute Gasteiger partial charge is 0.420 e. The average Bonchev–Trinajstić information content (AvgIpc) is 3.35. The van der Waals surface area contributed by atoms with Crippen LogP contribution in [0.1, 0.15) is 21.5 Å². The Balaban J connectivity index is 1.61. The fourth-order valence-electron chi connectivity index (χ4n) is 3.04. The first-order chi connectivity index (χ1) is 15.1. The molecule has 0 N–H and O–H groups in total. The number of hydrogen-bond donors (Lipinski definition) is 0. The molecule has 0 aliphatic rings. The van der Waals surface area contributed by atoms with E-state index in [9.17, 15) is 9.18 Å². The first-order valence-corrected chi connectivity index (χ1v) is 9.45. The second kappa shape index (κ2) is 8.93. The standard InChI is InChI=1S/C24H17FN4O2/c25-22-11-8-19(14-23(22)31-24(30)20-4-2-1-3-5-20)16-29(28-13-12-27-17-28)21-9-6-18(15-26)7-10-21/h1-14,17H,16H2. The lowest BCUT2D eigenvalue weighted by Crippen LogP contribution is -2.27. The monoisotopic (exact) mass is 412 g/mol. The Morgan fingerprint density at radius 1 is 1.10 bits per heavy atom. The van der Waals surface area contributed by atoms with Gasteiger partial charge < -0.3 is 4.74 Å². The van der Waals surface area contributed by atoms with Crippen LogP contribution < -0.4 is 9.75 Å². The van der Waals surface area contributed by atoms with Gasteiger partial charge >= 0.3 is 5.97 Å². The highest BCUT2D eigenvalue weighted by atomic mass is 19.1. The molecule has 1 aromatic heterocycles. The highest BCUT2D eigenvalue weighted by Crippen LogP contribution is 2.24. The smallest absolute Gasteiger partial charge is 0.343 e. The third-order valence-corrected chi connectivity index (χ3v) is 4.60. The Hall–Kier alpha value is -4.44. The van der Waals surface area contributed by atoms with Crippen molar-refractivity contribution in [1.82, 2.24) is 9.66 Å². The highest BCUT2D eigenvalue weighted by Gasteiger charge is 2.15. The molecule has 0 amide bonds. The van der Waals surface area contributed by atoms with Crippen LogP contribution in [0.5, 0.6) is 5.75 Å². The number of rotatable bonds is 6. The number of esters is 1. The molecule has 152 valence electrons. The van der Waals surface area contributed by atoms with E-state index in [0.29, 0.717) is 17.7 Å². The van der Waals surface area contributed by atoms with Gasteiger partial charge in [-0.25, -0.2) is 18.8 Å². The second-order valence-electron chi connectivity index (χ2n) is 6.68. The third kappa shape index (κ3) is 4.60. The number of halogens is 1.